The Morgan fingerprint density at radius 2 is 1.81 bits per heavy atom. The topological polar surface area (TPSA) is 108 Å². The lowest BCUT2D eigenvalue weighted by Crippen LogP contribution is -2.27. The molecule has 4 rings (SSSR count). The number of tetrazole rings is 1. The van der Waals surface area contributed by atoms with E-state index in [0.29, 0.717) is 18.9 Å². The Bertz CT molecular complexity index is 1210. The Morgan fingerprint density at radius 1 is 1.06 bits per heavy atom. The fraction of sp³-hybridized carbons (Fsp3) is 0.174. The lowest BCUT2D eigenvalue weighted by molar-refractivity contribution is 0.0697. The zero-order valence-corrected chi connectivity index (χ0v) is 17.4. The van der Waals surface area contributed by atoms with Gasteiger partial charge in [0.05, 0.1) is 0 Å². The second-order valence-corrected chi connectivity index (χ2v) is 7.21. The summed E-state index contributed by atoms with van der Waals surface area (Å²) in [6, 6.07) is 18.0. The molecule has 32 heavy (non-hydrogen) atoms. The normalized spacial score (nSPS) is 10.8. The number of aromatic amines is 1. The molecule has 4 aromatic rings. The van der Waals surface area contributed by atoms with Crippen LogP contribution in [0.25, 0.3) is 22.5 Å². The third-order valence-corrected chi connectivity index (χ3v) is 5.02. The van der Waals surface area contributed by atoms with E-state index in [2.05, 4.69) is 25.6 Å². The standard InChI is InChI=1S/C23H21FN6O2/c1-2-13-30(22-19(23(31)32)11-12-20(24)25-22)14-15-7-9-16(10-8-15)17-5-3-4-6-18(17)21-26-28-29-27-21/h3-12H,2,13-14H2,1H3,(H,31,32)(H,26,27,28,29). The highest BCUT2D eigenvalue weighted by Crippen LogP contribution is 2.30. The molecule has 2 aromatic heterocycles. The molecule has 2 heterocycles. The van der Waals surface area contributed by atoms with Gasteiger partial charge in [-0.2, -0.15) is 9.60 Å². The van der Waals surface area contributed by atoms with Crippen LogP contribution in [0.4, 0.5) is 10.2 Å². The summed E-state index contributed by atoms with van der Waals surface area (Å²) in [4.78, 5) is 17.3. The molecule has 0 saturated heterocycles. The molecule has 0 atom stereocenters. The number of aromatic carboxylic acids is 1. The van der Waals surface area contributed by atoms with Crippen LogP contribution in [0.2, 0.25) is 0 Å². The first kappa shape index (κ1) is 21.1. The molecule has 0 fully saturated rings. The number of nitrogens with zero attached hydrogens (tertiary/aromatic N) is 5. The van der Waals surface area contributed by atoms with Crippen molar-refractivity contribution in [2.24, 2.45) is 0 Å². The van der Waals surface area contributed by atoms with Gasteiger partial charge in [-0.05, 0) is 40.5 Å². The monoisotopic (exact) mass is 432 g/mol. The van der Waals surface area contributed by atoms with Gasteiger partial charge in [-0.1, -0.05) is 55.5 Å². The number of benzene rings is 2. The number of anilines is 1. The molecular weight excluding hydrogens is 411 g/mol. The van der Waals surface area contributed by atoms with Gasteiger partial charge in [0.1, 0.15) is 11.4 Å². The van der Waals surface area contributed by atoms with Crippen molar-refractivity contribution in [3.63, 3.8) is 0 Å². The Kier molecular flexibility index (Phi) is 6.16. The number of pyridine rings is 1. The Balaban J connectivity index is 1.63. The zero-order valence-electron chi connectivity index (χ0n) is 17.4. The number of carbonyl (C=O) groups is 1. The molecule has 2 aromatic carbocycles. The summed E-state index contributed by atoms with van der Waals surface area (Å²) in [5.41, 5.74) is 3.72. The number of hydrogen-bond donors (Lipinski definition) is 2. The molecule has 0 amide bonds. The number of halogens is 1. The maximum atomic E-state index is 13.8. The van der Waals surface area contributed by atoms with Crippen molar-refractivity contribution in [1.29, 1.82) is 0 Å². The summed E-state index contributed by atoms with van der Waals surface area (Å²) in [6.07, 6.45) is 0.757. The van der Waals surface area contributed by atoms with Crippen molar-refractivity contribution in [3.8, 4) is 22.5 Å². The van der Waals surface area contributed by atoms with Crippen LogP contribution in [0.1, 0.15) is 29.3 Å². The van der Waals surface area contributed by atoms with Gasteiger partial charge in [0.15, 0.2) is 0 Å². The second-order valence-electron chi connectivity index (χ2n) is 7.21. The lowest BCUT2D eigenvalue weighted by atomic mass is 9.98. The molecule has 0 aliphatic rings. The van der Waals surface area contributed by atoms with Crippen molar-refractivity contribution < 1.29 is 14.3 Å². The minimum atomic E-state index is -1.14. The zero-order chi connectivity index (χ0) is 22.5. The van der Waals surface area contributed by atoms with Crippen molar-refractivity contribution in [1.82, 2.24) is 25.6 Å². The van der Waals surface area contributed by atoms with Crippen LogP contribution in [0.3, 0.4) is 0 Å². The van der Waals surface area contributed by atoms with Gasteiger partial charge in [0.2, 0.25) is 11.8 Å². The summed E-state index contributed by atoms with van der Waals surface area (Å²) in [6.45, 7) is 2.92. The third kappa shape index (κ3) is 4.46. The third-order valence-electron chi connectivity index (χ3n) is 5.02. The number of rotatable bonds is 8. The van der Waals surface area contributed by atoms with E-state index in [1.807, 2.05) is 55.5 Å². The number of carboxylic acid groups (broad SMARTS) is 1. The van der Waals surface area contributed by atoms with Crippen LogP contribution >= 0.6 is 0 Å². The lowest BCUT2D eigenvalue weighted by Gasteiger charge is -2.25. The Hall–Kier alpha value is -4.14. The van der Waals surface area contributed by atoms with E-state index in [0.717, 1.165) is 34.7 Å². The average molecular weight is 432 g/mol. The molecule has 2 N–H and O–H groups in total. The van der Waals surface area contributed by atoms with Crippen LogP contribution in [0, 0.1) is 5.95 Å². The van der Waals surface area contributed by atoms with Crippen molar-refractivity contribution in [2.75, 3.05) is 11.4 Å². The number of carboxylic acids is 1. The molecule has 0 radical (unpaired) electrons. The predicted molar refractivity (Wildman–Crippen MR) is 118 cm³/mol. The van der Waals surface area contributed by atoms with Gasteiger partial charge >= 0.3 is 5.97 Å². The smallest absolute Gasteiger partial charge is 0.339 e. The largest absolute Gasteiger partial charge is 0.478 e. The molecule has 9 heteroatoms. The van der Waals surface area contributed by atoms with Crippen molar-refractivity contribution in [2.45, 2.75) is 19.9 Å². The first-order chi connectivity index (χ1) is 15.6. The van der Waals surface area contributed by atoms with Crippen LogP contribution < -0.4 is 4.90 Å². The van der Waals surface area contributed by atoms with Crippen molar-refractivity contribution >= 4 is 11.8 Å². The average Bonchev–Trinajstić information content (AvgIpc) is 3.34. The van der Waals surface area contributed by atoms with Crippen LogP contribution in [-0.4, -0.2) is 43.2 Å². The van der Waals surface area contributed by atoms with Gasteiger partial charge in [-0.3, -0.25) is 0 Å². The molecule has 0 spiro atoms. The van der Waals surface area contributed by atoms with E-state index >= 15 is 0 Å². The highest BCUT2D eigenvalue weighted by atomic mass is 19.1. The molecule has 0 saturated carbocycles. The molecule has 0 aliphatic carbocycles. The number of aromatic nitrogens is 5. The fourth-order valence-electron chi connectivity index (χ4n) is 3.58. The van der Waals surface area contributed by atoms with E-state index in [4.69, 9.17) is 0 Å². The van der Waals surface area contributed by atoms with E-state index in [-0.39, 0.29) is 11.4 Å². The van der Waals surface area contributed by atoms with E-state index in [9.17, 15) is 14.3 Å². The number of hydrogen-bond acceptors (Lipinski definition) is 6. The summed E-state index contributed by atoms with van der Waals surface area (Å²) in [5.74, 6) is -1.20. The molecule has 8 nitrogen and oxygen atoms in total. The summed E-state index contributed by atoms with van der Waals surface area (Å²) < 4.78 is 13.8. The quantitative estimate of drug-likeness (QED) is 0.402. The minimum absolute atomic E-state index is 0.0227. The van der Waals surface area contributed by atoms with Gasteiger partial charge < -0.3 is 10.0 Å². The molecule has 162 valence electrons. The second kappa shape index (κ2) is 9.34. The van der Waals surface area contributed by atoms with E-state index in [1.165, 1.54) is 6.07 Å². The maximum Gasteiger partial charge on any atom is 0.339 e. The molecule has 0 bridgehead atoms. The number of H-pyrrole nitrogens is 1. The van der Waals surface area contributed by atoms with Crippen LogP contribution in [0.15, 0.2) is 60.7 Å². The number of nitrogens with one attached hydrogen (secondary N) is 1. The molecular formula is C23H21FN6O2. The maximum absolute atomic E-state index is 13.8. The molecule has 0 aliphatic heterocycles. The highest BCUT2D eigenvalue weighted by molar-refractivity contribution is 5.93. The van der Waals surface area contributed by atoms with Gasteiger partial charge in [0, 0.05) is 18.7 Å². The Labute approximate surface area is 183 Å². The van der Waals surface area contributed by atoms with Crippen LogP contribution in [-0.2, 0) is 6.54 Å². The van der Waals surface area contributed by atoms with Gasteiger partial charge in [0.25, 0.3) is 0 Å². The first-order valence-corrected chi connectivity index (χ1v) is 10.1. The predicted octanol–water partition coefficient (Wildman–Crippen LogP) is 4.18. The Morgan fingerprint density at radius 3 is 2.47 bits per heavy atom. The first-order valence-electron chi connectivity index (χ1n) is 10.1. The van der Waals surface area contributed by atoms with E-state index in [1.54, 1.807) is 4.90 Å². The van der Waals surface area contributed by atoms with E-state index < -0.39 is 11.9 Å². The summed E-state index contributed by atoms with van der Waals surface area (Å²) >= 11 is 0. The SMILES string of the molecule is CCCN(Cc1ccc(-c2ccccc2-c2nn[nH]n2)cc1)c1nc(F)ccc1C(=O)O. The minimum Gasteiger partial charge on any atom is -0.478 e. The van der Waals surface area contributed by atoms with Gasteiger partial charge in [-0.15, -0.1) is 10.2 Å². The van der Waals surface area contributed by atoms with Crippen LogP contribution in [0.5, 0.6) is 0 Å². The fourth-order valence-corrected chi connectivity index (χ4v) is 3.58. The van der Waals surface area contributed by atoms with Crippen molar-refractivity contribution in [3.05, 3.63) is 77.7 Å². The summed E-state index contributed by atoms with van der Waals surface area (Å²) in [7, 11) is 0. The van der Waals surface area contributed by atoms with Gasteiger partial charge in [-0.25, -0.2) is 9.78 Å². The molecule has 0 unspecified atom stereocenters. The summed E-state index contributed by atoms with van der Waals surface area (Å²) in [5, 5.41) is 23.8. The highest BCUT2D eigenvalue weighted by Gasteiger charge is 2.19.